The highest BCUT2D eigenvalue weighted by molar-refractivity contribution is 6.37. The number of allylic oxidation sites excluding steroid dienone is 1. The van der Waals surface area contributed by atoms with Crippen LogP contribution in [0.3, 0.4) is 0 Å². The normalized spacial score (nSPS) is 12.0. The molecule has 0 aliphatic rings. The van der Waals surface area contributed by atoms with Gasteiger partial charge < -0.3 is 14.6 Å². The number of methoxy groups -OCH3 is 1. The quantitative estimate of drug-likeness (QED) is 0.404. The van der Waals surface area contributed by atoms with Crippen molar-refractivity contribution in [1.82, 2.24) is 0 Å². The average Bonchev–Trinajstić information content (AvgIpc) is 2.61. The van der Waals surface area contributed by atoms with Crippen LogP contribution in [0.25, 0.3) is 5.57 Å². The van der Waals surface area contributed by atoms with Crippen LogP contribution in [0.4, 0.5) is 0 Å². The predicted molar refractivity (Wildman–Crippen MR) is 113 cm³/mol. The maximum absolute atomic E-state index is 11.7. The fourth-order valence-electron chi connectivity index (χ4n) is 2.94. The summed E-state index contributed by atoms with van der Waals surface area (Å²) in [6, 6.07) is 10.8. The number of aliphatic carboxylic acids is 1. The molecule has 6 heteroatoms. The molecule has 0 heterocycles. The fourth-order valence-corrected chi connectivity index (χ4v) is 3.58. The highest BCUT2D eigenvalue weighted by Gasteiger charge is 2.19. The zero-order chi connectivity index (χ0) is 20.8. The number of hydrogen-bond donors (Lipinski definition) is 1. The standard InChI is InChI=1S/C22H24Cl2O4/c1-13(2)9-15-10-18(23)21(19(24)11-15)28-12-16-7-5-6-8-17(16)20(22(25)26)14(3)27-4/h5-8,10-11,13H,9,12H2,1-4H3,(H,25,26). The smallest absolute Gasteiger partial charge is 0.339 e. The van der Waals surface area contributed by atoms with Crippen LogP contribution in [0.15, 0.2) is 42.2 Å². The molecule has 0 saturated carbocycles. The molecule has 2 aromatic carbocycles. The molecule has 0 aliphatic heterocycles. The van der Waals surface area contributed by atoms with Crippen LogP contribution in [0.2, 0.25) is 10.0 Å². The van der Waals surface area contributed by atoms with Crippen molar-refractivity contribution in [2.45, 2.75) is 33.8 Å². The van der Waals surface area contributed by atoms with Crippen molar-refractivity contribution in [2.24, 2.45) is 5.92 Å². The maximum atomic E-state index is 11.7. The Labute approximate surface area is 175 Å². The Morgan fingerprint density at radius 3 is 2.29 bits per heavy atom. The Morgan fingerprint density at radius 2 is 1.75 bits per heavy atom. The van der Waals surface area contributed by atoms with Crippen LogP contribution in [-0.2, 0) is 22.6 Å². The van der Waals surface area contributed by atoms with E-state index in [0.717, 1.165) is 12.0 Å². The van der Waals surface area contributed by atoms with Crippen molar-refractivity contribution in [1.29, 1.82) is 0 Å². The fraction of sp³-hybridized carbons (Fsp3) is 0.318. The molecule has 0 amide bonds. The third kappa shape index (κ3) is 5.43. The summed E-state index contributed by atoms with van der Waals surface area (Å²) >= 11 is 12.8. The summed E-state index contributed by atoms with van der Waals surface area (Å²) in [5.74, 6) is 0.112. The molecule has 4 nitrogen and oxygen atoms in total. The van der Waals surface area contributed by atoms with Gasteiger partial charge in [0.15, 0.2) is 5.75 Å². The zero-order valence-corrected chi connectivity index (χ0v) is 17.9. The average molecular weight is 423 g/mol. The molecule has 0 fully saturated rings. The van der Waals surface area contributed by atoms with Gasteiger partial charge in [0.1, 0.15) is 17.9 Å². The first-order valence-electron chi connectivity index (χ1n) is 8.91. The van der Waals surface area contributed by atoms with E-state index < -0.39 is 5.97 Å². The van der Waals surface area contributed by atoms with Gasteiger partial charge in [-0.3, -0.25) is 0 Å². The Morgan fingerprint density at radius 1 is 1.14 bits per heavy atom. The van der Waals surface area contributed by atoms with Crippen molar-refractivity contribution in [2.75, 3.05) is 7.11 Å². The minimum atomic E-state index is -1.07. The van der Waals surface area contributed by atoms with Crippen molar-refractivity contribution < 1.29 is 19.4 Å². The van der Waals surface area contributed by atoms with Crippen LogP contribution in [0, 0.1) is 5.92 Å². The van der Waals surface area contributed by atoms with Crippen molar-refractivity contribution >= 4 is 34.7 Å². The topological polar surface area (TPSA) is 55.8 Å². The number of rotatable bonds is 8. The lowest BCUT2D eigenvalue weighted by Gasteiger charge is -2.16. The second kappa shape index (κ2) is 9.85. The number of carboxylic acid groups (broad SMARTS) is 1. The summed E-state index contributed by atoms with van der Waals surface area (Å²) in [5, 5.41) is 10.5. The van der Waals surface area contributed by atoms with E-state index in [9.17, 15) is 9.90 Å². The van der Waals surface area contributed by atoms with E-state index in [-0.39, 0.29) is 12.2 Å². The third-order valence-electron chi connectivity index (χ3n) is 4.23. The van der Waals surface area contributed by atoms with Gasteiger partial charge in [0.25, 0.3) is 0 Å². The van der Waals surface area contributed by atoms with Crippen molar-refractivity contribution in [3.63, 3.8) is 0 Å². The van der Waals surface area contributed by atoms with E-state index in [0.29, 0.717) is 38.6 Å². The van der Waals surface area contributed by atoms with Gasteiger partial charge in [0.2, 0.25) is 0 Å². The highest BCUT2D eigenvalue weighted by atomic mass is 35.5. The van der Waals surface area contributed by atoms with E-state index in [2.05, 4.69) is 13.8 Å². The van der Waals surface area contributed by atoms with E-state index in [4.69, 9.17) is 32.7 Å². The Hall–Kier alpha value is -2.17. The van der Waals surface area contributed by atoms with Crippen molar-refractivity contribution in [3.8, 4) is 5.75 Å². The molecule has 0 radical (unpaired) electrons. The maximum Gasteiger partial charge on any atom is 0.339 e. The van der Waals surface area contributed by atoms with Crippen LogP contribution in [0.1, 0.15) is 37.5 Å². The lowest BCUT2D eigenvalue weighted by atomic mass is 9.99. The van der Waals surface area contributed by atoms with Gasteiger partial charge in [-0.25, -0.2) is 4.79 Å². The first kappa shape index (κ1) is 22.1. The molecule has 0 aromatic heterocycles. The SMILES string of the molecule is COC(C)=C(C(=O)O)c1ccccc1COc1c(Cl)cc(CC(C)C)cc1Cl. The third-order valence-corrected chi connectivity index (χ3v) is 4.79. The van der Waals surface area contributed by atoms with E-state index in [1.807, 2.05) is 18.2 Å². The second-order valence-electron chi connectivity index (χ2n) is 6.87. The lowest BCUT2D eigenvalue weighted by Crippen LogP contribution is -2.08. The summed E-state index contributed by atoms with van der Waals surface area (Å²) in [6.45, 7) is 5.98. The number of carboxylic acids is 1. The number of benzene rings is 2. The molecule has 1 N–H and O–H groups in total. The molecule has 0 unspecified atom stereocenters. The molecule has 150 valence electrons. The molecule has 0 atom stereocenters. The monoisotopic (exact) mass is 422 g/mol. The molecule has 0 aliphatic carbocycles. The van der Waals surface area contributed by atoms with Crippen LogP contribution >= 0.6 is 23.2 Å². The van der Waals surface area contributed by atoms with Gasteiger partial charge in [-0.15, -0.1) is 0 Å². The summed E-state index contributed by atoms with van der Waals surface area (Å²) in [4.78, 5) is 11.7. The Kier molecular flexibility index (Phi) is 7.78. The van der Waals surface area contributed by atoms with E-state index >= 15 is 0 Å². The highest BCUT2D eigenvalue weighted by Crippen LogP contribution is 2.36. The molecule has 2 rings (SSSR count). The summed E-state index contributed by atoms with van der Waals surface area (Å²) in [6.07, 6.45) is 0.867. The van der Waals surface area contributed by atoms with Gasteiger partial charge >= 0.3 is 5.97 Å². The van der Waals surface area contributed by atoms with Gasteiger partial charge in [-0.1, -0.05) is 61.3 Å². The Bertz CT molecular complexity index is 865. The summed E-state index contributed by atoms with van der Waals surface area (Å²) in [7, 11) is 1.44. The van der Waals surface area contributed by atoms with E-state index in [1.165, 1.54) is 7.11 Å². The number of hydrogen-bond acceptors (Lipinski definition) is 3. The van der Waals surface area contributed by atoms with Crippen LogP contribution < -0.4 is 4.74 Å². The minimum Gasteiger partial charge on any atom is -0.500 e. The molecule has 0 bridgehead atoms. The van der Waals surface area contributed by atoms with Gasteiger partial charge in [-0.05, 0) is 48.1 Å². The zero-order valence-electron chi connectivity index (χ0n) is 16.4. The van der Waals surface area contributed by atoms with Crippen LogP contribution in [0.5, 0.6) is 5.75 Å². The number of halogens is 2. The lowest BCUT2D eigenvalue weighted by molar-refractivity contribution is -0.130. The second-order valence-corrected chi connectivity index (χ2v) is 7.69. The van der Waals surface area contributed by atoms with Gasteiger partial charge in [-0.2, -0.15) is 0 Å². The largest absolute Gasteiger partial charge is 0.500 e. The molecular formula is C22H24Cl2O4. The molecule has 0 saturated heterocycles. The molecule has 2 aromatic rings. The van der Waals surface area contributed by atoms with Gasteiger partial charge in [0, 0.05) is 0 Å². The molecule has 28 heavy (non-hydrogen) atoms. The van der Waals surface area contributed by atoms with Crippen molar-refractivity contribution in [3.05, 3.63) is 68.9 Å². The first-order chi connectivity index (χ1) is 13.2. The number of carbonyl (C=O) groups is 1. The van der Waals surface area contributed by atoms with E-state index in [1.54, 1.807) is 25.1 Å². The Balaban J connectivity index is 2.33. The first-order valence-corrected chi connectivity index (χ1v) is 9.67. The molecule has 0 spiro atoms. The predicted octanol–water partition coefficient (Wildman–Crippen LogP) is 6.23. The molecular weight excluding hydrogens is 399 g/mol. The summed E-state index contributed by atoms with van der Waals surface area (Å²) in [5.41, 5.74) is 2.35. The van der Waals surface area contributed by atoms with Crippen LogP contribution in [-0.4, -0.2) is 18.2 Å². The summed E-state index contributed by atoms with van der Waals surface area (Å²) < 4.78 is 11.0. The minimum absolute atomic E-state index is 0.0891. The van der Waals surface area contributed by atoms with Gasteiger partial charge in [0.05, 0.1) is 17.2 Å². The number of ether oxygens (including phenoxy) is 2.